The molecule has 72 valence electrons. The van der Waals surface area contributed by atoms with Crippen LogP contribution in [0, 0.1) is 5.92 Å². The third-order valence-electron chi connectivity index (χ3n) is 2.72. The van der Waals surface area contributed by atoms with Gasteiger partial charge in [-0.1, -0.05) is 39.0 Å². The molecule has 0 aliphatic heterocycles. The standard InChI is InChI=1S/C11H21Cl/c1-2-3-4-5-6-7-11(12)10-8-9-10/h10-11H,2-9H2,1H3. The maximum atomic E-state index is 6.19. The van der Waals surface area contributed by atoms with Crippen molar-refractivity contribution >= 4 is 11.6 Å². The summed E-state index contributed by atoms with van der Waals surface area (Å²) in [5.41, 5.74) is 0. The average Bonchev–Trinajstić information content (AvgIpc) is 2.86. The molecule has 1 aliphatic rings. The Kier molecular flexibility index (Phi) is 5.06. The first-order valence-electron chi connectivity index (χ1n) is 5.48. The summed E-state index contributed by atoms with van der Waals surface area (Å²) >= 11 is 6.19. The van der Waals surface area contributed by atoms with E-state index in [1.54, 1.807) is 0 Å². The number of hydrogen-bond acceptors (Lipinski definition) is 0. The molecule has 1 fully saturated rings. The zero-order valence-corrected chi connectivity index (χ0v) is 8.95. The van der Waals surface area contributed by atoms with Crippen LogP contribution in [0.3, 0.4) is 0 Å². The van der Waals surface area contributed by atoms with E-state index in [0.29, 0.717) is 5.38 Å². The molecule has 0 radical (unpaired) electrons. The summed E-state index contributed by atoms with van der Waals surface area (Å²) < 4.78 is 0. The Hall–Kier alpha value is 0.290. The molecule has 0 amide bonds. The molecule has 0 heterocycles. The van der Waals surface area contributed by atoms with Gasteiger partial charge in [-0.15, -0.1) is 11.6 Å². The normalized spacial score (nSPS) is 19.5. The SMILES string of the molecule is CCCCCCCC(Cl)C1CC1. The van der Waals surface area contributed by atoms with E-state index in [9.17, 15) is 0 Å². The average molecular weight is 189 g/mol. The van der Waals surface area contributed by atoms with E-state index in [4.69, 9.17) is 11.6 Å². The monoisotopic (exact) mass is 188 g/mol. The van der Waals surface area contributed by atoms with Crippen LogP contribution < -0.4 is 0 Å². The molecule has 1 atom stereocenters. The Morgan fingerprint density at radius 2 is 1.83 bits per heavy atom. The van der Waals surface area contributed by atoms with E-state index in [0.717, 1.165) is 5.92 Å². The van der Waals surface area contributed by atoms with Crippen LogP contribution >= 0.6 is 11.6 Å². The van der Waals surface area contributed by atoms with Crippen LogP contribution in [0.15, 0.2) is 0 Å². The molecule has 0 saturated heterocycles. The van der Waals surface area contributed by atoms with Crippen LogP contribution in [0.25, 0.3) is 0 Å². The van der Waals surface area contributed by atoms with Gasteiger partial charge in [0, 0.05) is 5.38 Å². The minimum atomic E-state index is 0.506. The highest BCUT2D eigenvalue weighted by Crippen LogP contribution is 2.37. The topological polar surface area (TPSA) is 0 Å². The third kappa shape index (κ3) is 4.35. The van der Waals surface area contributed by atoms with E-state index in [1.807, 2.05) is 0 Å². The van der Waals surface area contributed by atoms with Crippen molar-refractivity contribution in [3.05, 3.63) is 0 Å². The molecule has 1 unspecified atom stereocenters. The van der Waals surface area contributed by atoms with Crippen LogP contribution in [0.5, 0.6) is 0 Å². The van der Waals surface area contributed by atoms with Gasteiger partial charge in [0.05, 0.1) is 0 Å². The highest BCUT2D eigenvalue weighted by Gasteiger charge is 2.28. The van der Waals surface area contributed by atoms with E-state index in [-0.39, 0.29) is 0 Å². The summed E-state index contributed by atoms with van der Waals surface area (Å²) in [5, 5.41) is 0.506. The number of unbranched alkanes of at least 4 members (excludes halogenated alkanes) is 4. The van der Waals surface area contributed by atoms with Crippen LogP contribution in [0.1, 0.15) is 58.3 Å². The largest absolute Gasteiger partial charge is 0.123 e. The van der Waals surface area contributed by atoms with Crippen molar-refractivity contribution in [2.24, 2.45) is 5.92 Å². The van der Waals surface area contributed by atoms with E-state index >= 15 is 0 Å². The Morgan fingerprint density at radius 3 is 2.42 bits per heavy atom. The minimum Gasteiger partial charge on any atom is -0.123 e. The maximum Gasteiger partial charge on any atom is 0.0364 e. The van der Waals surface area contributed by atoms with Gasteiger partial charge in [0.1, 0.15) is 0 Å². The van der Waals surface area contributed by atoms with Crippen LogP contribution in [0.4, 0.5) is 0 Å². The van der Waals surface area contributed by atoms with Gasteiger partial charge in [0.25, 0.3) is 0 Å². The Bertz CT molecular complexity index is 108. The van der Waals surface area contributed by atoms with Crippen molar-refractivity contribution in [2.45, 2.75) is 63.7 Å². The predicted octanol–water partition coefficient (Wildman–Crippen LogP) is 4.36. The van der Waals surface area contributed by atoms with Gasteiger partial charge in [-0.05, 0) is 25.2 Å². The molecule has 0 aromatic rings. The molecule has 0 aromatic heterocycles. The van der Waals surface area contributed by atoms with Gasteiger partial charge >= 0.3 is 0 Å². The molecule has 0 bridgehead atoms. The summed E-state index contributed by atoms with van der Waals surface area (Å²) in [7, 11) is 0. The van der Waals surface area contributed by atoms with E-state index < -0.39 is 0 Å². The van der Waals surface area contributed by atoms with Crippen molar-refractivity contribution in [1.82, 2.24) is 0 Å². The number of alkyl halides is 1. The fourth-order valence-electron chi connectivity index (χ4n) is 1.64. The fourth-order valence-corrected chi connectivity index (χ4v) is 2.04. The van der Waals surface area contributed by atoms with Crippen LogP contribution in [-0.4, -0.2) is 5.38 Å². The lowest BCUT2D eigenvalue weighted by molar-refractivity contribution is 0.573. The molecule has 1 rings (SSSR count). The van der Waals surface area contributed by atoms with Gasteiger partial charge in [-0.3, -0.25) is 0 Å². The zero-order chi connectivity index (χ0) is 8.81. The predicted molar refractivity (Wildman–Crippen MR) is 55.7 cm³/mol. The van der Waals surface area contributed by atoms with Gasteiger partial charge in [-0.2, -0.15) is 0 Å². The first-order valence-corrected chi connectivity index (χ1v) is 5.92. The first kappa shape index (κ1) is 10.4. The van der Waals surface area contributed by atoms with Crippen molar-refractivity contribution in [1.29, 1.82) is 0 Å². The molecular formula is C11H21Cl. The Labute approximate surface area is 81.7 Å². The minimum absolute atomic E-state index is 0.506. The quantitative estimate of drug-likeness (QED) is 0.411. The molecule has 0 N–H and O–H groups in total. The second-order valence-electron chi connectivity index (χ2n) is 4.06. The zero-order valence-electron chi connectivity index (χ0n) is 8.19. The van der Waals surface area contributed by atoms with Gasteiger partial charge in [0.2, 0.25) is 0 Å². The molecule has 0 spiro atoms. The molecular weight excluding hydrogens is 168 g/mol. The van der Waals surface area contributed by atoms with Gasteiger partial charge < -0.3 is 0 Å². The molecule has 1 heteroatoms. The number of hydrogen-bond donors (Lipinski definition) is 0. The molecule has 1 saturated carbocycles. The maximum absolute atomic E-state index is 6.19. The molecule has 12 heavy (non-hydrogen) atoms. The summed E-state index contributed by atoms with van der Waals surface area (Å²) in [6, 6.07) is 0. The van der Waals surface area contributed by atoms with Crippen molar-refractivity contribution < 1.29 is 0 Å². The lowest BCUT2D eigenvalue weighted by Crippen LogP contribution is -2.00. The van der Waals surface area contributed by atoms with Gasteiger partial charge in [0.15, 0.2) is 0 Å². The lowest BCUT2D eigenvalue weighted by Gasteiger charge is -2.06. The molecule has 0 aromatic carbocycles. The Morgan fingerprint density at radius 1 is 1.17 bits per heavy atom. The first-order chi connectivity index (χ1) is 5.84. The summed E-state index contributed by atoms with van der Waals surface area (Å²) in [5.74, 6) is 0.887. The summed E-state index contributed by atoms with van der Waals surface area (Å²) in [4.78, 5) is 0. The number of rotatable bonds is 7. The second-order valence-corrected chi connectivity index (χ2v) is 4.62. The van der Waals surface area contributed by atoms with Crippen LogP contribution in [0.2, 0.25) is 0 Å². The fraction of sp³-hybridized carbons (Fsp3) is 1.00. The molecule has 0 nitrogen and oxygen atoms in total. The third-order valence-corrected chi connectivity index (χ3v) is 3.29. The van der Waals surface area contributed by atoms with Crippen LogP contribution in [-0.2, 0) is 0 Å². The lowest BCUT2D eigenvalue weighted by atomic mass is 10.1. The summed E-state index contributed by atoms with van der Waals surface area (Å²) in [6.45, 7) is 2.26. The van der Waals surface area contributed by atoms with Gasteiger partial charge in [-0.25, -0.2) is 0 Å². The van der Waals surface area contributed by atoms with E-state index in [1.165, 1.54) is 51.4 Å². The van der Waals surface area contributed by atoms with Crippen molar-refractivity contribution in [3.63, 3.8) is 0 Å². The van der Waals surface area contributed by atoms with Crippen molar-refractivity contribution in [3.8, 4) is 0 Å². The highest BCUT2D eigenvalue weighted by molar-refractivity contribution is 6.20. The number of halogens is 1. The molecule has 1 aliphatic carbocycles. The Balaban J connectivity index is 1.81. The van der Waals surface area contributed by atoms with E-state index in [2.05, 4.69) is 6.92 Å². The second kappa shape index (κ2) is 5.85. The highest BCUT2D eigenvalue weighted by atomic mass is 35.5. The smallest absolute Gasteiger partial charge is 0.0364 e. The summed E-state index contributed by atoms with van der Waals surface area (Å²) in [6.07, 6.45) is 10.9. The van der Waals surface area contributed by atoms with Crippen molar-refractivity contribution in [2.75, 3.05) is 0 Å².